The summed E-state index contributed by atoms with van der Waals surface area (Å²) in [4.78, 5) is 24.3. The first-order valence-electron chi connectivity index (χ1n) is 6.76. The van der Waals surface area contributed by atoms with Gasteiger partial charge in [0.15, 0.2) is 0 Å². The number of nitro groups is 1. The van der Waals surface area contributed by atoms with Gasteiger partial charge in [-0.2, -0.15) is 0 Å². The molecule has 1 saturated heterocycles. The summed E-state index contributed by atoms with van der Waals surface area (Å²) in [5, 5.41) is 11.2. The van der Waals surface area contributed by atoms with Crippen molar-refractivity contribution in [3.05, 3.63) is 33.9 Å². The summed E-state index contributed by atoms with van der Waals surface area (Å²) >= 11 is 0. The standard InChI is InChI=1S/C14H18N2O5/c1-10-9-15(6-3-7-21-10)13-8-11(14(17)20-2)4-5-12(13)16(18)19/h4-5,8,10H,3,6-7,9H2,1-2H3. The fourth-order valence-corrected chi connectivity index (χ4v) is 2.39. The van der Waals surface area contributed by atoms with Gasteiger partial charge in [-0.25, -0.2) is 4.79 Å². The molecule has 0 amide bonds. The lowest BCUT2D eigenvalue weighted by Gasteiger charge is -2.24. The Bertz CT molecular complexity index is 546. The molecule has 1 aromatic rings. The van der Waals surface area contributed by atoms with Crippen molar-refractivity contribution in [1.82, 2.24) is 0 Å². The number of ether oxygens (including phenoxy) is 2. The molecular weight excluding hydrogens is 276 g/mol. The van der Waals surface area contributed by atoms with Crippen molar-refractivity contribution < 1.29 is 19.2 Å². The van der Waals surface area contributed by atoms with Crippen LogP contribution in [0.1, 0.15) is 23.7 Å². The van der Waals surface area contributed by atoms with Crippen molar-refractivity contribution in [3.8, 4) is 0 Å². The van der Waals surface area contributed by atoms with Crippen LogP contribution in [0.5, 0.6) is 0 Å². The molecule has 1 aromatic carbocycles. The zero-order chi connectivity index (χ0) is 15.4. The fourth-order valence-electron chi connectivity index (χ4n) is 2.39. The molecule has 0 radical (unpaired) electrons. The molecule has 0 spiro atoms. The maximum Gasteiger partial charge on any atom is 0.337 e. The van der Waals surface area contributed by atoms with E-state index in [0.29, 0.717) is 30.9 Å². The number of anilines is 1. The zero-order valence-electron chi connectivity index (χ0n) is 12.1. The molecule has 114 valence electrons. The van der Waals surface area contributed by atoms with E-state index in [1.165, 1.54) is 25.3 Å². The summed E-state index contributed by atoms with van der Waals surface area (Å²) in [7, 11) is 1.28. The Balaban J connectivity index is 2.42. The Morgan fingerprint density at radius 1 is 1.52 bits per heavy atom. The van der Waals surface area contributed by atoms with Crippen LogP contribution in [0.15, 0.2) is 18.2 Å². The lowest BCUT2D eigenvalue weighted by molar-refractivity contribution is -0.384. The van der Waals surface area contributed by atoms with E-state index in [-0.39, 0.29) is 11.8 Å². The van der Waals surface area contributed by atoms with E-state index in [1.807, 2.05) is 11.8 Å². The van der Waals surface area contributed by atoms with E-state index in [9.17, 15) is 14.9 Å². The Morgan fingerprint density at radius 3 is 2.95 bits per heavy atom. The monoisotopic (exact) mass is 294 g/mol. The van der Waals surface area contributed by atoms with Gasteiger partial charge in [-0.3, -0.25) is 10.1 Å². The third kappa shape index (κ3) is 3.49. The van der Waals surface area contributed by atoms with Gasteiger partial charge in [0.1, 0.15) is 5.69 Å². The van der Waals surface area contributed by atoms with Crippen LogP contribution in [-0.4, -0.2) is 43.8 Å². The van der Waals surface area contributed by atoms with Crippen molar-refractivity contribution in [2.75, 3.05) is 31.7 Å². The Hall–Kier alpha value is -2.15. The second kappa shape index (κ2) is 6.53. The van der Waals surface area contributed by atoms with Crippen LogP contribution in [0.2, 0.25) is 0 Å². The van der Waals surface area contributed by atoms with Crippen LogP contribution in [-0.2, 0) is 9.47 Å². The third-order valence-electron chi connectivity index (χ3n) is 3.39. The molecule has 0 aromatic heterocycles. The van der Waals surface area contributed by atoms with E-state index >= 15 is 0 Å². The first-order valence-corrected chi connectivity index (χ1v) is 6.76. The molecule has 1 aliphatic rings. The minimum atomic E-state index is -0.509. The van der Waals surface area contributed by atoms with Gasteiger partial charge in [0, 0.05) is 25.8 Å². The van der Waals surface area contributed by atoms with Crippen LogP contribution in [0.4, 0.5) is 11.4 Å². The number of hydrogen-bond donors (Lipinski definition) is 0. The number of nitrogens with zero attached hydrogens (tertiary/aromatic N) is 2. The first-order chi connectivity index (χ1) is 10.0. The summed E-state index contributed by atoms with van der Waals surface area (Å²) in [6.45, 7) is 3.75. The highest BCUT2D eigenvalue weighted by Gasteiger charge is 2.24. The van der Waals surface area contributed by atoms with Gasteiger partial charge in [-0.15, -0.1) is 0 Å². The highest BCUT2D eigenvalue weighted by atomic mass is 16.6. The van der Waals surface area contributed by atoms with Crippen molar-refractivity contribution in [2.24, 2.45) is 0 Å². The van der Waals surface area contributed by atoms with E-state index < -0.39 is 10.9 Å². The number of rotatable bonds is 3. The van der Waals surface area contributed by atoms with Crippen molar-refractivity contribution in [2.45, 2.75) is 19.4 Å². The maximum absolute atomic E-state index is 11.6. The van der Waals surface area contributed by atoms with Gasteiger partial charge in [-0.1, -0.05) is 0 Å². The lowest BCUT2D eigenvalue weighted by atomic mass is 10.1. The molecule has 1 unspecified atom stereocenters. The summed E-state index contributed by atoms with van der Waals surface area (Å²) in [6, 6.07) is 4.27. The van der Waals surface area contributed by atoms with E-state index in [1.54, 1.807) is 0 Å². The van der Waals surface area contributed by atoms with Crippen LogP contribution in [0.3, 0.4) is 0 Å². The molecule has 0 aliphatic carbocycles. The predicted octanol–water partition coefficient (Wildman–Crippen LogP) is 2.00. The number of methoxy groups -OCH3 is 1. The average Bonchev–Trinajstić information content (AvgIpc) is 2.70. The molecule has 1 atom stereocenters. The van der Waals surface area contributed by atoms with Crippen LogP contribution in [0.25, 0.3) is 0 Å². The second-order valence-corrected chi connectivity index (χ2v) is 4.93. The molecule has 7 heteroatoms. The molecular formula is C14H18N2O5. The van der Waals surface area contributed by atoms with Gasteiger partial charge in [0.25, 0.3) is 5.69 Å². The fraction of sp³-hybridized carbons (Fsp3) is 0.500. The number of esters is 1. The average molecular weight is 294 g/mol. The van der Waals surface area contributed by atoms with Gasteiger partial charge in [0.05, 0.1) is 23.7 Å². The number of carbonyl (C=O) groups excluding carboxylic acids is 1. The van der Waals surface area contributed by atoms with Gasteiger partial charge >= 0.3 is 5.97 Å². The van der Waals surface area contributed by atoms with Crippen LogP contribution < -0.4 is 4.90 Å². The first kappa shape index (κ1) is 15.2. The highest BCUT2D eigenvalue weighted by molar-refractivity contribution is 5.91. The zero-order valence-corrected chi connectivity index (χ0v) is 12.1. The molecule has 2 rings (SSSR count). The Kier molecular flexibility index (Phi) is 4.74. The normalized spacial score (nSPS) is 19.0. The molecule has 0 saturated carbocycles. The molecule has 0 N–H and O–H groups in total. The lowest BCUT2D eigenvalue weighted by Crippen LogP contribution is -2.30. The highest BCUT2D eigenvalue weighted by Crippen LogP contribution is 2.30. The molecule has 7 nitrogen and oxygen atoms in total. The SMILES string of the molecule is COC(=O)c1ccc([N+](=O)[O-])c(N2CCCOC(C)C2)c1. The van der Waals surface area contributed by atoms with Crippen LogP contribution >= 0.6 is 0 Å². The molecule has 0 bridgehead atoms. The van der Waals surface area contributed by atoms with Crippen LogP contribution in [0, 0.1) is 10.1 Å². The van der Waals surface area contributed by atoms with Crippen molar-refractivity contribution in [1.29, 1.82) is 0 Å². The topological polar surface area (TPSA) is 81.9 Å². The summed E-state index contributed by atoms with van der Waals surface area (Å²) in [6.07, 6.45) is 0.762. The minimum Gasteiger partial charge on any atom is -0.465 e. The number of carbonyl (C=O) groups is 1. The van der Waals surface area contributed by atoms with Gasteiger partial charge in [0.2, 0.25) is 0 Å². The van der Waals surface area contributed by atoms with Crippen molar-refractivity contribution in [3.63, 3.8) is 0 Å². The van der Waals surface area contributed by atoms with E-state index in [2.05, 4.69) is 4.74 Å². The van der Waals surface area contributed by atoms with Gasteiger partial charge in [-0.05, 0) is 25.5 Å². The maximum atomic E-state index is 11.6. The molecule has 21 heavy (non-hydrogen) atoms. The smallest absolute Gasteiger partial charge is 0.337 e. The Morgan fingerprint density at radius 2 is 2.29 bits per heavy atom. The largest absolute Gasteiger partial charge is 0.465 e. The van der Waals surface area contributed by atoms with Crippen molar-refractivity contribution >= 4 is 17.3 Å². The number of benzene rings is 1. The summed E-state index contributed by atoms with van der Waals surface area (Å²) < 4.78 is 10.2. The predicted molar refractivity (Wildman–Crippen MR) is 76.7 cm³/mol. The summed E-state index contributed by atoms with van der Waals surface area (Å²) in [5.74, 6) is -0.509. The summed E-state index contributed by atoms with van der Waals surface area (Å²) in [5.41, 5.74) is 0.716. The molecule has 1 fully saturated rings. The van der Waals surface area contributed by atoms with Gasteiger partial charge < -0.3 is 14.4 Å². The second-order valence-electron chi connectivity index (χ2n) is 4.93. The quantitative estimate of drug-likeness (QED) is 0.482. The number of nitro benzene ring substituents is 1. The molecule has 1 heterocycles. The minimum absolute atomic E-state index is 0.0169. The Labute approximate surface area is 122 Å². The third-order valence-corrected chi connectivity index (χ3v) is 3.39. The van der Waals surface area contributed by atoms with E-state index in [4.69, 9.17) is 4.74 Å². The van der Waals surface area contributed by atoms with E-state index in [0.717, 1.165) is 6.42 Å². The molecule has 1 aliphatic heterocycles. The number of hydrogen-bond acceptors (Lipinski definition) is 6.